The summed E-state index contributed by atoms with van der Waals surface area (Å²) in [4.78, 5) is 2.33. The van der Waals surface area contributed by atoms with Crippen LogP contribution >= 0.6 is 0 Å². The molecular formula is C26H33NO3. The standard InChI is InChI=1S/C26H33NO3/c1-26(2,3)15-20-16-27-11-10-19-12-25(30-17-18-8-6-5-7-9-18)24(29-4)13-21(19)22(27)14-23(20)28/h5-12,20,23,28H,13-17H2,1-4H3/t20?,23-/m1/s1. The minimum Gasteiger partial charge on any atom is -0.497 e. The molecule has 1 fully saturated rings. The molecule has 1 aromatic carbocycles. The summed E-state index contributed by atoms with van der Waals surface area (Å²) in [6, 6.07) is 10.2. The van der Waals surface area contributed by atoms with Crippen LogP contribution in [0, 0.1) is 11.3 Å². The molecule has 1 aliphatic carbocycles. The summed E-state index contributed by atoms with van der Waals surface area (Å²) in [6.07, 6.45) is 8.51. The largest absolute Gasteiger partial charge is 0.497 e. The minimum atomic E-state index is -0.304. The van der Waals surface area contributed by atoms with Crippen molar-refractivity contribution >= 4 is 0 Å². The number of hydrogen-bond donors (Lipinski definition) is 1. The van der Waals surface area contributed by atoms with Gasteiger partial charge in [-0.05, 0) is 40.7 Å². The third-order valence-electron chi connectivity index (χ3n) is 6.11. The van der Waals surface area contributed by atoms with Crippen molar-refractivity contribution in [2.75, 3.05) is 13.7 Å². The summed E-state index contributed by atoms with van der Waals surface area (Å²) in [7, 11) is 1.71. The van der Waals surface area contributed by atoms with Crippen molar-refractivity contribution in [2.24, 2.45) is 11.3 Å². The highest BCUT2D eigenvalue weighted by atomic mass is 16.5. The predicted octanol–water partition coefficient (Wildman–Crippen LogP) is 5.29. The Hall–Kier alpha value is -2.46. The summed E-state index contributed by atoms with van der Waals surface area (Å²) >= 11 is 0. The number of allylic oxidation sites excluding steroid dienone is 4. The number of ether oxygens (including phenoxy) is 2. The van der Waals surface area contributed by atoms with Crippen LogP contribution in [0.4, 0.5) is 0 Å². The molecule has 4 heteroatoms. The second-order valence-electron chi connectivity index (χ2n) is 9.73. The Kier molecular flexibility index (Phi) is 5.79. The van der Waals surface area contributed by atoms with E-state index in [0.717, 1.165) is 35.6 Å². The molecule has 2 heterocycles. The van der Waals surface area contributed by atoms with Gasteiger partial charge < -0.3 is 19.5 Å². The highest BCUT2D eigenvalue weighted by Gasteiger charge is 2.36. The SMILES string of the molecule is COC1=C(OCc2ccccc2)C=C2C=CN3CC(CC(C)(C)C)[C@H](O)CC3=C2C1. The van der Waals surface area contributed by atoms with E-state index in [1.807, 2.05) is 18.2 Å². The van der Waals surface area contributed by atoms with Crippen LogP contribution in [0.1, 0.15) is 45.6 Å². The molecule has 0 radical (unpaired) electrons. The minimum absolute atomic E-state index is 0.211. The lowest BCUT2D eigenvalue weighted by molar-refractivity contribution is 0.0408. The number of methoxy groups -OCH3 is 1. The molecular weight excluding hydrogens is 374 g/mol. The molecule has 1 aromatic rings. The Morgan fingerprint density at radius 2 is 1.93 bits per heavy atom. The molecule has 0 bridgehead atoms. The summed E-state index contributed by atoms with van der Waals surface area (Å²) in [5.41, 5.74) is 4.97. The van der Waals surface area contributed by atoms with Crippen LogP contribution in [0.15, 0.2) is 77.0 Å². The Balaban J connectivity index is 1.54. The van der Waals surface area contributed by atoms with E-state index in [4.69, 9.17) is 9.47 Å². The molecule has 160 valence electrons. The molecule has 4 rings (SSSR count). The monoisotopic (exact) mass is 407 g/mol. The summed E-state index contributed by atoms with van der Waals surface area (Å²) in [5.74, 6) is 1.93. The van der Waals surface area contributed by atoms with E-state index in [2.05, 4.69) is 56.2 Å². The second-order valence-corrected chi connectivity index (χ2v) is 9.73. The zero-order valence-corrected chi connectivity index (χ0v) is 18.5. The van der Waals surface area contributed by atoms with Crippen molar-refractivity contribution in [3.63, 3.8) is 0 Å². The number of nitrogens with zero attached hydrogens (tertiary/aromatic N) is 1. The van der Waals surface area contributed by atoms with Crippen LogP contribution in [-0.2, 0) is 16.1 Å². The van der Waals surface area contributed by atoms with Crippen molar-refractivity contribution in [3.8, 4) is 0 Å². The molecule has 0 amide bonds. The normalized spacial score (nSPS) is 23.8. The van der Waals surface area contributed by atoms with Gasteiger partial charge in [0.15, 0.2) is 5.76 Å². The van der Waals surface area contributed by atoms with E-state index < -0.39 is 0 Å². The van der Waals surface area contributed by atoms with Crippen molar-refractivity contribution in [1.82, 2.24) is 4.90 Å². The second kappa shape index (κ2) is 8.35. The van der Waals surface area contributed by atoms with Gasteiger partial charge in [0.05, 0.1) is 13.2 Å². The Bertz CT molecular complexity index is 902. The van der Waals surface area contributed by atoms with Crippen molar-refractivity contribution in [1.29, 1.82) is 0 Å². The summed E-state index contributed by atoms with van der Waals surface area (Å²) < 4.78 is 11.8. The van der Waals surface area contributed by atoms with Gasteiger partial charge in [0.25, 0.3) is 0 Å². The first-order chi connectivity index (χ1) is 14.3. The van der Waals surface area contributed by atoms with Gasteiger partial charge >= 0.3 is 0 Å². The number of piperidine rings is 1. The fraction of sp³-hybridized carbons (Fsp3) is 0.462. The van der Waals surface area contributed by atoms with Crippen molar-refractivity contribution in [3.05, 3.63) is 82.6 Å². The Morgan fingerprint density at radius 1 is 1.17 bits per heavy atom. The van der Waals surface area contributed by atoms with Gasteiger partial charge in [0, 0.05) is 37.2 Å². The third kappa shape index (κ3) is 4.49. The van der Waals surface area contributed by atoms with Crippen LogP contribution in [0.25, 0.3) is 0 Å². The lowest BCUT2D eigenvalue weighted by atomic mass is 9.77. The molecule has 30 heavy (non-hydrogen) atoms. The number of aliphatic hydroxyl groups excluding tert-OH is 1. The fourth-order valence-electron chi connectivity index (χ4n) is 4.68. The number of aliphatic hydroxyl groups is 1. The molecule has 4 nitrogen and oxygen atoms in total. The zero-order valence-electron chi connectivity index (χ0n) is 18.5. The van der Waals surface area contributed by atoms with E-state index in [-0.39, 0.29) is 17.4 Å². The van der Waals surface area contributed by atoms with Crippen LogP contribution in [-0.4, -0.2) is 29.8 Å². The van der Waals surface area contributed by atoms with Crippen LogP contribution in [0.3, 0.4) is 0 Å². The topological polar surface area (TPSA) is 41.9 Å². The van der Waals surface area contributed by atoms with E-state index in [9.17, 15) is 5.11 Å². The van der Waals surface area contributed by atoms with Gasteiger partial charge in [0.2, 0.25) is 0 Å². The number of rotatable bonds is 5. The quantitative estimate of drug-likeness (QED) is 0.720. The van der Waals surface area contributed by atoms with E-state index in [1.54, 1.807) is 7.11 Å². The first kappa shape index (κ1) is 20.8. The first-order valence-corrected chi connectivity index (χ1v) is 10.8. The third-order valence-corrected chi connectivity index (χ3v) is 6.11. The van der Waals surface area contributed by atoms with E-state index in [1.165, 1.54) is 11.3 Å². The maximum absolute atomic E-state index is 10.9. The fourth-order valence-corrected chi connectivity index (χ4v) is 4.68. The average Bonchev–Trinajstić information content (AvgIpc) is 2.72. The zero-order chi connectivity index (χ0) is 21.3. The number of hydrogen-bond acceptors (Lipinski definition) is 4. The maximum Gasteiger partial charge on any atom is 0.158 e. The Labute approximate surface area is 180 Å². The van der Waals surface area contributed by atoms with Crippen LogP contribution in [0.2, 0.25) is 0 Å². The smallest absolute Gasteiger partial charge is 0.158 e. The number of fused-ring (bicyclic) bond motifs is 2. The molecule has 0 saturated carbocycles. The molecule has 2 atom stereocenters. The molecule has 1 N–H and O–H groups in total. The van der Waals surface area contributed by atoms with Gasteiger partial charge in [0.1, 0.15) is 12.4 Å². The summed E-state index contributed by atoms with van der Waals surface area (Å²) in [5, 5.41) is 10.9. The van der Waals surface area contributed by atoms with Gasteiger partial charge in [-0.25, -0.2) is 0 Å². The van der Waals surface area contributed by atoms with Crippen LogP contribution in [0.5, 0.6) is 0 Å². The summed E-state index contributed by atoms with van der Waals surface area (Å²) in [6.45, 7) is 8.11. The highest BCUT2D eigenvalue weighted by molar-refractivity contribution is 5.54. The highest BCUT2D eigenvalue weighted by Crippen LogP contribution is 2.42. The molecule has 2 aliphatic heterocycles. The number of benzene rings is 1. The van der Waals surface area contributed by atoms with Gasteiger partial charge in [-0.2, -0.15) is 0 Å². The lowest BCUT2D eigenvalue weighted by Gasteiger charge is -2.43. The van der Waals surface area contributed by atoms with Crippen molar-refractivity contribution in [2.45, 2.75) is 52.7 Å². The molecule has 3 aliphatic rings. The molecule has 1 saturated heterocycles. The molecule has 0 spiro atoms. The van der Waals surface area contributed by atoms with Gasteiger partial charge in [-0.3, -0.25) is 0 Å². The first-order valence-electron chi connectivity index (χ1n) is 10.8. The molecule has 1 unspecified atom stereocenters. The van der Waals surface area contributed by atoms with Gasteiger partial charge in [-0.1, -0.05) is 51.1 Å². The maximum atomic E-state index is 10.9. The van der Waals surface area contributed by atoms with Crippen LogP contribution < -0.4 is 0 Å². The van der Waals surface area contributed by atoms with Gasteiger partial charge in [-0.15, -0.1) is 0 Å². The molecule has 0 aromatic heterocycles. The predicted molar refractivity (Wildman–Crippen MR) is 119 cm³/mol. The van der Waals surface area contributed by atoms with Crippen molar-refractivity contribution < 1.29 is 14.6 Å². The average molecular weight is 408 g/mol. The Morgan fingerprint density at radius 3 is 2.63 bits per heavy atom. The van der Waals surface area contributed by atoms with E-state index in [0.29, 0.717) is 19.4 Å². The van der Waals surface area contributed by atoms with E-state index >= 15 is 0 Å². The lowest BCUT2D eigenvalue weighted by Crippen LogP contribution is -2.42.